The second-order valence-electron chi connectivity index (χ2n) is 6.97. The Hall–Kier alpha value is -2.53. The number of ether oxygens (including phenoxy) is 2. The zero-order chi connectivity index (χ0) is 24.0. The van der Waals surface area contributed by atoms with Crippen molar-refractivity contribution in [2.75, 3.05) is 19.7 Å². The summed E-state index contributed by atoms with van der Waals surface area (Å²) >= 11 is 3.57. The zero-order valence-corrected chi connectivity index (χ0v) is 21.6. The number of amidine groups is 1. The number of nitrogens with zero attached hydrogens (tertiary/aromatic N) is 2. The highest BCUT2D eigenvalue weighted by Crippen LogP contribution is 2.38. The summed E-state index contributed by atoms with van der Waals surface area (Å²) < 4.78 is 12.7. The van der Waals surface area contributed by atoms with Crippen LogP contribution in [0, 0.1) is 3.57 Å². The number of carbonyl (C=O) groups is 2. The van der Waals surface area contributed by atoms with Crippen LogP contribution >= 0.6 is 34.4 Å². The second kappa shape index (κ2) is 11.6. The average Bonchev–Trinajstić information content (AvgIpc) is 3.07. The van der Waals surface area contributed by atoms with Gasteiger partial charge in [0.2, 0.25) is 0 Å². The molecule has 0 aliphatic carbocycles. The van der Waals surface area contributed by atoms with E-state index in [1.54, 1.807) is 29.2 Å². The number of carbonyl (C=O) groups excluding carboxylic acids is 1. The molecule has 1 aliphatic rings. The van der Waals surface area contributed by atoms with Crippen LogP contribution in [0.1, 0.15) is 42.3 Å². The fourth-order valence-electron chi connectivity index (χ4n) is 3.16. The van der Waals surface area contributed by atoms with E-state index in [1.807, 2.05) is 39.0 Å². The first-order valence-corrected chi connectivity index (χ1v) is 12.4. The second-order valence-corrected chi connectivity index (χ2v) is 9.14. The van der Waals surface area contributed by atoms with Crippen molar-refractivity contribution in [2.45, 2.75) is 27.4 Å². The first kappa shape index (κ1) is 25.1. The Bertz CT molecular complexity index is 1100. The number of rotatable bonds is 9. The fraction of sp³-hybridized carbons (Fsp3) is 0.292. The number of halogens is 1. The fourth-order valence-corrected chi connectivity index (χ4v) is 5.05. The van der Waals surface area contributed by atoms with Gasteiger partial charge < -0.3 is 14.6 Å². The van der Waals surface area contributed by atoms with Gasteiger partial charge in [0.05, 0.1) is 20.6 Å². The zero-order valence-electron chi connectivity index (χ0n) is 18.6. The third-order valence-electron chi connectivity index (χ3n) is 4.71. The molecule has 3 rings (SSSR count). The molecule has 0 radical (unpaired) electrons. The van der Waals surface area contributed by atoms with Crippen molar-refractivity contribution in [3.05, 3.63) is 61.6 Å². The molecule has 1 heterocycles. The lowest BCUT2D eigenvalue weighted by molar-refractivity contribution is -0.122. The first-order valence-electron chi connectivity index (χ1n) is 10.5. The number of benzene rings is 2. The molecule has 33 heavy (non-hydrogen) atoms. The van der Waals surface area contributed by atoms with Gasteiger partial charge in [0.25, 0.3) is 5.91 Å². The van der Waals surface area contributed by atoms with E-state index in [2.05, 4.69) is 27.6 Å². The van der Waals surface area contributed by atoms with Gasteiger partial charge >= 0.3 is 5.97 Å². The van der Waals surface area contributed by atoms with Crippen molar-refractivity contribution >= 4 is 57.5 Å². The van der Waals surface area contributed by atoms with Gasteiger partial charge in [0.1, 0.15) is 6.61 Å². The molecule has 174 valence electrons. The lowest BCUT2D eigenvalue weighted by atomic mass is 10.1. The molecule has 1 aliphatic heterocycles. The van der Waals surface area contributed by atoms with Crippen LogP contribution in [0.3, 0.4) is 0 Å². The van der Waals surface area contributed by atoms with E-state index in [-0.39, 0.29) is 18.1 Å². The molecule has 2 aromatic carbocycles. The van der Waals surface area contributed by atoms with Crippen molar-refractivity contribution in [1.82, 2.24) is 4.90 Å². The number of hydrogen-bond acceptors (Lipinski definition) is 6. The Kier molecular flexibility index (Phi) is 8.79. The molecule has 0 aromatic heterocycles. The summed E-state index contributed by atoms with van der Waals surface area (Å²) in [7, 11) is 0. The van der Waals surface area contributed by atoms with E-state index in [4.69, 9.17) is 14.6 Å². The van der Waals surface area contributed by atoms with Crippen LogP contribution < -0.4 is 9.47 Å². The van der Waals surface area contributed by atoms with E-state index in [0.29, 0.717) is 36.1 Å². The monoisotopic (exact) mass is 580 g/mol. The highest BCUT2D eigenvalue weighted by atomic mass is 127. The van der Waals surface area contributed by atoms with Gasteiger partial charge in [-0.05, 0) is 96.6 Å². The van der Waals surface area contributed by atoms with Crippen LogP contribution in [0.25, 0.3) is 6.08 Å². The molecular formula is C24H25IN2O5S. The van der Waals surface area contributed by atoms with Crippen molar-refractivity contribution in [1.29, 1.82) is 0 Å². The van der Waals surface area contributed by atoms with Crippen LogP contribution in [0.4, 0.5) is 0 Å². The summed E-state index contributed by atoms with van der Waals surface area (Å²) in [5.41, 5.74) is 1.92. The van der Waals surface area contributed by atoms with Gasteiger partial charge in [-0.2, -0.15) is 0 Å². The molecule has 0 unspecified atom stereocenters. The predicted molar refractivity (Wildman–Crippen MR) is 139 cm³/mol. The maximum atomic E-state index is 12.8. The van der Waals surface area contributed by atoms with E-state index in [0.717, 1.165) is 19.9 Å². The van der Waals surface area contributed by atoms with E-state index < -0.39 is 5.97 Å². The van der Waals surface area contributed by atoms with Crippen LogP contribution in [-0.2, 0) is 11.4 Å². The minimum absolute atomic E-state index is 0.0483. The standard InChI is InChI=1S/C24H25IN2O5S/c1-4-26-24-27(5-2)22(28)20(33-24)13-16-11-18(25)21(19(12-16)31-6-3)32-14-15-7-9-17(10-8-15)23(29)30/h7-13H,4-6,14H2,1-3H3,(H,29,30)/b20-13+,26-24?. The topological polar surface area (TPSA) is 88.4 Å². The van der Waals surface area contributed by atoms with Crippen LogP contribution in [0.15, 0.2) is 46.3 Å². The van der Waals surface area contributed by atoms with E-state index in [1.165, 1.54) is 11.8 Å². The van der Waals surface area contributed by atoms with Gasteiger partial charge in [0.15, 0.2) is 16.7 Å². The summed E-state index contributed by atoms with van der Waals surface area (Å²) in [4.78, 5) is 30.5. The third kappa shape index (κ3) is 6.08. The van der Waals surface area contributed by atoms with E-state index >= 15 is 0 Å². The smallest absolute Gasteiger partial charge is 0.335 e. The molecule has 1 N–H and O–H groups in total. The van der Waals surface area contributed by atoms with Crippen molar-refractivity contribution in [3.63, 3.8) is 0 Å². The van der Waals surface area contributed by atoms with Crippen LogP contribution in [0.2, 0.25) is 0 Å². The lowest BCUT2D eigenvalue weighted by Crippen LogP contribution is -2.28. The van der Waals surface area contributed by atoms with Gasteiger partial charge in [-0.3, -0.25) is 14.7 Å². The minimum atomic E-state index is -0.964. The summed E-state index contributed by atoms with van der Waals surface area (Å²) in [5, 5.41) is 9.77. The SMILES string of the molecule is CCN=C1S/C(=C/c2cc(I)c(OCc3ccc(C(=O)O)cc3)c(OCC)c2)C(=O)N1CC. The number of likely N-dealkylation sites (N-methyl/N-ethyl adjacent to an activating group) is 1. The number of thioether (sulfide) groups is 1. The van der Waals surface area contributed by atoms with Crippen molar-refractivity contribution < 1.29 is 24.2 Å². The molecular weight excluding hydrogens is 555 g/mol. The lowest BCUT2D eigenvalue weighted by Gasteiger charge is -2.15. The quantitative estimate of drug-likeness (QED) is 0.321. The highest BCUT2D eigenvalue weighted by molar-refractivity contribution is 14.1. The Labute approximate surface area is 211 Å². The molecule has 1 saturated heterocycles. The number of carboxylic acids is 1. The predicted octanol–water partition coefficient (Wildman–Crippen LogP) is 5.28. The Morgan fingerprint density at radius 2 is 1.91 bits per heavy atom. The molecule has 7 nitrogen and oxygen atoms in total. The Balaban J connectivity index is 1.85. The maximum Gasteiger partial charge on any atom is 0.335 e. The van der Waals surface area contributed by atoms with Crippen LogP contribution in [0.5, 0.6) is 11.5 Å². The number of hydrogen-bond donors (Lipinski definition) is 1. The Morgan fingerprint density at radius 3 is 2.52 bits per heavy atom. The van der Waals surface area contributed by atoms with Crippen molar-refractivity contribution in [3.8, 4) is 11.5 Å². The first-order chi connectivity index (χ1) is 15.9. The summed E-state index contributed by atoms with van der Waals surface area (Å²) in [6.07, 6.45) is 1.85. The third-order valence-corrected chi connectivity index (χ3v) is 6.56. The number of aliphatic imine (C=N–C) groups is 1. The molecule has 1 amide bonds. The molecule has 0 spiro atoms. The molecule has 0 saturated carbocycles. The van der Waals surface area contributed by atoms with Gasteiger partial charge in [-0.15, -0.1) is 0 Å². The number of amides is 1. The summed E-state index contributed by atoms with van der Waals surface area (Å²) in [6, 6.07) is 10.4. The van der Waals surface area contributed by atoms with E-state index in [9.17, 15) is 9.59 Å². The molecule has 0 bridgehead atoms. The van der Waals surface area contributed by atoms with Crippen molar-refractivity contribution in [2.24, 2.45) is 4.99 Å². The maximum absolute atomic E-state index is 12.8. The Morgan fingerprint density at radius 1 is 1.18 bits per heavy atom. The largest absolute Gasteiger partial charge is 0.490 e. The normalized spacial score (nSPS) is 16.0. The highest BCUT2D eigenvalue weighted by Gasteiger charge is 2.32. The molecule has 1 fully saturated rings. The molecule has 0 atom stereocenters. The van der Waals surface area contributed by atoms with Crippen LogP contribution in [-0.4, -0.2) is 46.7 Å². The average molecular weight is 580 g/mol. The molecule has 9 heteroatoms. The number of aromatic carboxylic acids is 1. The minimum Gasteiger partial charge on any atom is -0.490 e. The van der Waals surface area contributed by atoms with Gasteiger partial charge in [-0.1, -0.05) is 12.1 Å². The summed E-state index contributed by atoms with van der Waals surface area (Å²) in [6.45, 7) is 7.71. The molecule has 2 aromatic rings. The number of carboxylic acid groups (broad SMARTS) is 1. The summed E-state index contributed by atoms with van der Waals surface area (Å²) in [5.74, 6) is 0.182. The van der Waals surface area contributed by atoms with Gasteiger partial charge in [-0.25, -0.2) is 4.79 Å². The van der Waals surface area contributed by atoms with Gasteiger partial charge in [0, 0.05) is 13.1 Å².